The van der Waals surface area contributed by atoms with E-state index in [1.165, 1.54) is 23.5 Å². The minimum absolute atomic E-state index is 0.107. The predicted octanol–water partition coefficient (Wildman–Crippen LogP) is 3.73. The van der Waals surface area contributed by atoms with Gasteiger partial charge in [-0.1, -0.05) is 51.1 Å². The second-order valence-electron chi connectivity index (χ2n) is 7.97. The molecule has 24 heavy (non-hydrogen) atoms. The third-order valence-corrected chi connectivity index (χ3v) is 6.26. The van der Waals surface area contributed by atoms with Crippen molar-refractivity contribution in [3.63, 3.8) is 0 Å². The van der Waals surface area contributed by atoms with Crippen LogP contribution in [-0.4, -0.2) is 33.6 Å². The van der Waals surface area contributed by atoms with E-state index in [4.69, 9.17) is 0 Å². The molecule has 2 aromatic heterocycles. The minimum atomic E-state index is -1.47. The van der Waals surface area contributed by atoms with Gasteiger partial charge in [0.2, 0.25) is 0 Å². The number of fused-ring (bicyclic) bond motifs is 2. The van der Waals surface area contributed by atoms with Gasteiger partial charge in [-0.15, -0.1) is 11.1 Å². The zero-order valence-corrected chi connectivity index (χ0v) is 18.4. The Hall–Kier alpha value is -1.33. The molecule has 0 radical (unpaired) electrons. The van der Waals surface area contributed by atoms with Crippen LogP contribution in [0, 0.1) is 22.9 Å². The molecule has 2 heterocycles. The Labute approximate surface area is 153 Å². The molecule has 0 aromatic carbocycles. The van der Waals surface area contributed by atoms with E-state index in [0.717, 1.165) is 22.8 Å². The van der Waals surface area contributed by atoms with E-state index < -0.39 is 16.1 Å². The van der Waals surface area contributed by atoms with Gasteiger partial charge in [-0.2, -0.15) is 17.5 Å². The van der Waals surface area contributed by atoms with Gasteiger partial charge in [0.25, 0.3) is 0 Å². The summed E-state index contributed by atoms with van der Waals surface area (Å²) in [6, 6.07) is 0. The minimum Gasteiger partial charge on any atom is -0.176 e. The average molecular weight is 389 g/mol. The summed E-state index contributed by atoms with van der Waals surface area (Å²) in [7, 11) is -2.95. The maximum atomic E-state index is 4.54. The number of aromatic nitrogens is 4. The molecule has 0 unspecified atom stereocenters. The van der Waals surface area contributed by atoms with Gasteiger partial charge in [0.1, 0.15) is 50.8 Å². The summed E-state index contributed by atoms with van der Waals surface area (Å²) in [5.41, 5.74) is 10.6. The zero-order valence-electron chi connectivity index (χ0n) is 14.8. The summed E-state index contributed by atoms with van der Waals surface area (Å²) in [6.07, 6.45) is 0. The average Bonchev–Trinajstić information content (AvgIpc) is 3.08. The highest BCUT2D eigenvalue weighted by atomic mass is 32.1. The lowest BCUT2D eigenvalue weighted by Crippen LogP contribution is -2.21. The van der Waals surface area contributed by atoms with Crippen LogP contribution in [0.3, 0.4) is 0 Å². The number of hydrogen-bond acceptors (Lipinski definition) is 6. The molecule has 0 N–H and O–H groups in total. The van der Waals surface area contributed by atoms with E-state index in [9.17, 15) is 0 Å². The SMILES string of the molecule is C[Si](C)(C)C#CC1c2nsnc2C(C#C[Si](C)(C)C)c2nsnc21. The smallest absolute Gasteiger partial charge is 0.129 e. The summed E-state index contributed by atoms with van der Waals surface area (Å²) in [4.78, 5) is 0. The van der Waals surface area contributed by atoms with Crippen LogP contribution in [0.4, 0.5) is 0 Å². The number of rotatable bonds is 0. The predicted molar refractivity (Wildman–Crippen MR) is 106 cm³/mol. The lowest BCUT2D eigenvalue weighted by atomic mass is 9.84. The maximum Gasteiger partial charge on any atom is 0.129 e. The molecule has 0 spiro atoms. The molecule has 0 amide bonds. The molecule has 3 rings (SSSR count). The Bertz CT molecular complexity index is 770. The van der Waals surface area contributed by atoms with E-state index in [-0.39, 0.29) is 11.8 Å². The molecule has 2 aromatic rings. The fourth-order valence-corrected chi connectivity index (χ4v) is 4.70. The van der Waals surface area contributed by atoms with Crippen LogP contribution in [0.25, 0.3) is 0 Å². The third-order valence-electron chi connectivity index (χ3n) is 3.36. The van der Waals surface area contributed by atoms with Crippen LogP contribution in [0.15, 0.2) is 0 Å². The van der Waals surface area contributed by atoms with Crippen LogP contribution in [-0.2, 0) is 0 Å². The van der Waals surface area contributed by atoms with Crippen LogP contribution in [0.5, 0.6) is 0 Å². The van der Waals surface area contributed by atoms with E-state index in [0.29, 0.717) is 0 Å². The topological polar surface area (TPSA) is 51.6 Å². The molecule has 124 valence electrons. The molecule has 1 aliphatic rings. The lowest BCUT2D eigenvalue weighted by Gasteiger charge is -2.19. The number of nitrogens with zero attached hydrogens (tertiary/aromatic N) is 4. The Balaban J connectivity index is 2.11. The van der Waals surface area contributed by atoms with Gasteiger partial charge < -0.3 is 0 Å². The largest absolute Gasteiger partial charge is 0.176 e. The van der Waals surface area contributed by atoms with E-state index in [1.807, 2.05) is 0 Å². The van der Waals surface area contributed by atoms with Crippen molar-refractivity contribution < 1.29 is 0 Å². The molecular weight excluding hydrogens is 369 g/mol. The van der Waals surface area contributed by atoms with Crippen molar-refractivity contribution in [3.8, 4) is 22.9 Å². The highest BCUT2D eigenvalue weighted by molar-refractivity contribution is 6.99. The summed E-state index contributed by atoms with van der Waals surface area (Å²) < 4.78 is 18.1. The van der Waals surface area contributed by atoms with Crippen LogP contribution in [0.1, 0.15) is 34.6 Å². The second kappa shape index (κ2) is 6.19. The fraction of sp³-hybridized carbons (Fsp3) is 0.500. The van der Waals surface area contributed by atoms with Gasteiger partial charge in [-0.3, -0.25) is 0 Å². The monoisotopic (exact) mass is 388 g/mol. The van der Waals surface area contributed by atoms with Crippen LogP contribution in [0.2, 0.25) is 39.3 Å². The van der Waals surface area contributed by atoms with Crippen molar-refractivity contribution in [1.29, 1.82) is 0 Å². The van der Waals surface area contributed by atoms with E-state index in [2.05, 4.69) is 79.7 Å². The van der Waals surface area contributed by atoms with Gasteiger partial charge >= 0.3 is 0 Å². The standard InChI is InChI=1S/C16H20N4S2Si2/c1-23(2,3)9-7-11-13-15(19-21-17-13)12(8-10-24(4,5)6)16-14(11)18-22-20-16/h11-12H,1-6H3. The first-order chi connectivity index (χ1) is 11.2. The molecule has 0 fully saturated rings. The molecule has 0 saturated heterocycles. The van der Waals surface area contributed by atoms with Crippen molar-refractivity contribution in [2.24, 2.45) is 0 Å². The molecule has 1 aliphatic carbocycles. The molecule has 0 bridgehead atoms. The van der Waals surface area contributed by atoms with Gasteiger partial charge in [0.15, 0.2) is 0 Å². The third kappa shape index (κ3) is 3.67. The molecular formula is C16H20N4S2Si2. The van der Waals surface area contributed by atoms with Crippen molar-refractivity contribution in [2.75, 3.05) is 0 Å². The Morgan fingerprint density at radius 2 is 0.917 bits per heavy atom. The Morgan fingerprint density at radius 3 is 1.17 bits per heavy atom. The zero-order chi connectivity index (χ0) is 17.5. The van der Waals surface area contributed by atoms with Gasteiger partial charge in [-0.25, -0.2) is 0 Å². The highest BCUT2D eigenvalue weighted by Crippen LogP contribution is 2.40. The molecule has 8 heteroatoms. The summed E-state index contributed by atoms with van der Waals surface area (Å²) >= 11 is 2.48. The van der Waals surface area contributed by atoms with Crippen molar-refractivity contribution in [2.45, 2.75) is 51.1 Å². The molecule has 0 atom stereocenters. The van der Waals surface area contributed by atoms with Crippen molar-refractivity contribution in [3.05, 3.63) is 22.8 Å². The summed E-state index contributed by atoms with van der Waals surface area (Å²) in [5.74, 6) is 6.62. The van der Waals surface area contributed by atoms with Gasteiger partial charge in [-0.05, 0) is 0 Å². The quantitative estimate of drug-likeness (QED) is 0.510. The lowest BCUT2D eigenvalue weighted by molar-refractivity contribution is 0.815. The summed E-state index contributed by atoms with van der Waals surface area (Å²) in [6.45, 7) is 13.4. The maximum absolute atomic E-state index is 4.54. The Morgan fingerprint density at radius 1 is 0.625 bits per heavy atom. The van der Waals surface area contributed by atoms with E-state index in [1.54, 1.807) is 0 Å². The van der Waals surface area contributed by atoms with Crippen molar-refractivity contribution >= 4 is 39.6 Å². The normalized spacial score (nSPS) is 19.4. The van der Waals surface area contributed by atoms with Crippen LogP contribution >= 0.6 is 23.5 Å². The fourth-order valence-electron chi connectivity index (χ4n) is 2.32. The first kappa shape index (κ1) is 17.5. The second-order valence-corrected chi connectivity index (χ2v) is 18.5. The number of hydrogen-bond donors (Lipinski definition) is 0. The molecule has 4 nitrogen and oxygen atoms in total. The van der Waals surface area contributed by atoms with Crippen molar-refractivity contribution in [1.82, 2.24) is 17.5 Å². The Kier molecular flexibility index (Phi) is 4.51. The first-order valence-corrected chi connectivity index (χ1v) is 16.3. The van der Waals surface area contributed by atoms with Crippen LogP contribution < -0.4 is 0 Å². The first-order valence-electron chi connectivity index (χ1n) is 7.86. The molecule has 0 saturated carbocycles. The molecule has 0 aliphatic heterocycles. The van der Waals surface area contributed by atoms with Gasteiger partial charge in [0, 0.05) is 0 Å². The van der Waals surface area contributed by atoms with Gasteiger partial charge in [0.05, 0.1) is 23.5 Å². The highest BCUT2D eigenvalue weighted by Gasteiger charge is 2.38. The van der Waals surface area contributed by atoms with E-state index >= 15 is 0 Å². The summed E-state index contributed by atoms with van der Waals surface area (Å²) in [5, 5.41) is 0.